The molecule has 0 aliphatic carbocycles. The van der Waals surface area contributed by atoms with E-state index in [1.807, 2.05) is 12.2 Å². The van der Waals surface area contributed by atoms with E-state index in [1.165, 1.54) is 77.0 Å². The highest BCUT2D eigenvalue weighted by Crippen LogP contribution is 2.45. The molecule has 0 saturated carbocycles. The molecule has 0 heterocycles. The van der Waals surface area contributed by atoms with E-state index >= 15 is 0 Å². The second kappa shape index (κ2) is 55.5. The number of unbranched alkanes of at least 4 members (excludes halogenated alkanes) is 22. The summed E-state index contributed by atoms with van der Waals surface area (Å²) in [6, 6.07) is 0. The molecule has 79 heavy (non-hydrogen) atoms. The Labute approximate surface area is 477 Å². The Kier molecular flexibility index (Phi) is 53.4. The van der Waals surface area contributed by atoms with Crippen LogP contribution >= 0.6 is 15.6 Å². The van der Waals surface area contributed by atoms with Gasteiger partial charge >= 0.3 is 33.6 Å². The summed E-state index contributed by atoms with van der Waals surface area (Å²) in [6.07, 6.45) is 54.1. The largest absolute Gasteiger partial charge is 0.472 e. The van der Waals surface area contributed by atoms with Gasteiger partial charge in [0.15, 0.2) is 6.10 Å². The lowest BCUT2D eigenvalue weighted by Crippen LogP contribution is -2.30. The second-order valence-corrected chi connectivity index (χ2v) is 23.0. The Morgan fingerprint density at radius 2 is 0.684 bits per heavy atom. The molecule has 0 fully saturated rings. The van der Waals surface area contributed by atoms with E-state index in [4.69, 9.17) is 32.3 Å². The van der Waals surface area contributed by atoms with Gasteiger partial charge in [0.1, 0.15) is 25.4 Å². The maximum Gasteiger partial charge on any atom is 0.472 e. The Morgan fingerprint density at radius 1 is 0.367 bits per heavy atom. The number of ether oxygens (including phenoxy) is 3. The molecule has 5 atom stereocenters. The number of aliphatic hydroxyl groups is 2. The first-order chi connectivity index (χ1) is 38.2. The summed E-state index contributed by atoms with van der Waals surface area (Å²) >= 11 is 0. The van der Waals surface area contributed by atoms with Crippen LogP contribution in [0.15, 0.2) is 72.9 Å². The standard InChI is InChI=1S/C61H108O16P2/c1-4-7-10-13-16-19-22-24-26-27-29-31-33-35-38-41-44-47-59(64)71-50-56(62)51-73-78(67,68)74-52-57(63)53-75-79(69,70)76-55-58(77-61(66)49-46-43-40-37-32-21-18-15-12-9-6-3)54-72-60(65)48-45-42-39-36-34-30-28-25-23-20-17-14-11-8-5-2/h7,10,16,19,24-26,28-29,31,35,38,56-58,62-63H,4-6,8-9,11-15,17-18,20-23,27,30,32-34,36-37,39-55H2,1-3H3,(H,67,68)(H,69,70)/b10-7-,19-16-,26-24-,28-25-,31-29-,38-35-. The monoisotopic (exact) mass is 1160 g/mol. The maximum absolute atomic E-state index is 12.8. The Bertz CT molecular complexity index is 1750. The summed E-state index contributed by atoms with van der Waals surface area (Å²) in [6.45, 7) is 2.45. The van der Waals surface area contributed by atoms with E-state index < -0.39 is 91.5 Å². The van der Waals surface area contributed by atoms with Crippen molar-refractivity contribution in [1.29, 1.82) is 0 Å². The zero-order chi connectivity index (χ0) is 58.2. The lowest BCUT2D eigenvalue weighted by molar-refractivity contribution is -0.161. The third-order valence-electron chi connectivity index (χ3n) is 12.4. The van der Waals surface area contributed by atoms with Crippen LogP contribution in [0.25, 0.3) is 0 Å². The third kappa shape index (κ3) is 56.6. The number of aliphatic hydroxyl groups excluding tert-OH is 2. The van der Waals surface area contributed by atoms with Crippen LogP contribution in [0.1, 0.15) is 239 Å². The molecule has 0 aliphatic rings. The molecule has 0 rings (SSSR count). The van der Waals surface area contributed by atoms with E-state index in [2.05, 4.69) is 81.5 Å². The molecule has 0 aliphatic heterocycles. The quantitative estimate of drug-likeness (QED) is 0.0146. The summed E-state index contributed by atoms with van der Waals surface area (Å²) in [5, 5.41) is 20.4. The van der Waals surface area contributed by atoms with Gasteiger partial charge in [-0.3, -0.25) is 32.5 Å². The van der Waals surface area contributed by atoms with Crippen molar-refractivity contribution in [1.82, 2.24) is 0 Å². The van der Waals surface area contributed by atoms with Gasteiger partial charge in [-0.15, -0.1) is 0 Å². The van der Waals surface area contributed by atoms with Crippen molar-refractivity contribution in [3.8, 4) is 0 Å². The fourth-order valence-corrected chi connectivity index (χ4v) is 9.36. The summed E-state index contributed by atoms with van der Waals surface area (Å²) in [5.41, 5.74) is 0. The number of carbonyl (C=O) groups excluding carboxylic acids is 3. The lowest BCUT2D eigenvalue weighted by Gasteiger charge is -2.21. The third-order valence-corrected chi connectivity index (χ3v) is 14.3. The van der Waals surface area contributed by atoms with Crippen molar-refractivity contribution in [2.24, 2.45) is 0 Å². The molecular weight excluding hydrogens is 1050 g/mol. The van der Waals surface area contributed by atoms with Crippen molar-refractivity contribution in [2.45, 2.75) is 257 Å². The topological polar surface area (TPSA) is 231 Å². The molecule has 0 radical (unpaired) electrons. The molecule has 458 valence electrons. The summed E-state index contributed by atoms with van der Waals surface area (Å²) in [4.78, 5) is 58.0. The minimum Gasteiger partial charge on any atom is -0.463 e. The molecule has 5 unspecified atom stereocenters. The first-order valence-corrected chi connectivity index (χ1v) is 33.2. The number of carbonyl (C=O) groups is 3. The minimum absolute atomic E-state index is 0.105. The van der Waals surface area contributed by atoms with Gasteiger partial charge in [0.2, 0.25) is 0 Å². The summed E-state index contributed by atoms with van der Waals surface area (Å²) in [5.74, 6) is -1.64. The molecule has 0 amide bonds. The van der Waals surface area contributed by atoms with Crippen molar-refractivity contribution >= 4 is 33.6 Å². The van der Waals surface area contributed by atoms with Gasteiger partial charge in [-0.25, -0.2) is 9.13 Å². The van der Waals surface area contributed by atoms with Gasteiger partial charge in [0.05, 0.1) is 26.4 Å². The van der Waals surface area contributed by atoms with Crippen LogP contribution in [-0.2, 0) is 55.8 Å². The normalized spacial score (nSPS) is 15.0. The SMILES string of the molecule is CC/C=C\C/C=C\C/C=C\C/C=C\C/C=C\CCCC(=O)OCC(O)COP(=O)(O)OCC(O)COP(=O)(O)OCC(COC(=O)CCCCCCC/C=C\CCCCCCCC)OC(=O)CCCCCCCCCCCCC. The number of phosphoric acid groups is 2. The fraction of sp³-hybridized carbons (Fsp3) is 0.754. The Balaban J connectivity index is 4.69. The number of rotatable bonds is 57. The van der Waals surface area contributed by atoms with Gasteiger partial charge in [-0.1, -0.05) is 209 Å². The average Bonchev–Trinajstić information content (AvgIpc) is 3.42. The fourth-order valence-electron chi connectivity index (χ4n) is 7.78. The van der Waals surface area contributed by atoms with Gasteiger partial charge in [-0.2, -0.15) is 0 Å². The molecule has 0 aromatic rings. The highest BCUT2D eigenvalue weighted by Gasteiger charge is 2.29. The number of phosphoric ester groups is 2. The zero-order valence-electron chi connectivity index (χ0n) is 49.0. The van der Waals surface area contributed by atoms with Crippen LogP contribution in [0.2, 0.25) is 0 Å². The first-order valence-electron chi connectivity index (χ1n) is 30.2. The predicted molar refractivity (Wildman–Crippen MR) is 316 cm³/mol. The van der Waals surface area contributed by atoms with E-state index in [0.717, 1.165) is 96.3 Å². The van der Waals surface area contributed by atoms with Crippen molar-refractivity contribution in [2.75, 3.05) is 39.6 Å². The van der Waals surface area contributed by atoms with Crippen LogP contribution in [-0.4, -0.2) is 95.9 Å². The van der Waals surface area contributed by atoms with Gasteiger partial charge in [0.25, 0.3) is 0 Å². The highest BCUT2D eigenvalue weighted by atomic mass is 31.2. The molecular formula is C61H108O16P2. The van der Waals surface area contributed by atoms with E-state index in [9.17, 15) is 43.5 Å². The number of hydrogen-bond donors (Lipinski definition) is 4. The van der Waals surface area contributed by atoms with Crippen molar-refractivity contribution in [3.63, 3.8) is 0 Å². The van der Waals surface area contributed by atoms with Crippen LogP contribution in [0.3, 0.4) is 0 Å². The van der Waals surface area contributed by atoms with Crippen LogP contribution < -0.4 is 0 Å². The summed E-state index contributed by atoms with van der Waals surface area (Å²) < 4.78 is 60.5. The molecule has 0 bridgehead atoms. The van der Waals surface area contributed by atoms with Crippen molar-refractivity contribution < 1.29 is 75.8 Å². The molecule has 0 aromatic heterocycles. The van der Waals surface area contributed by atoms with Gasteiger partial charge in [-0.05, 0) is 83.5 Å². The van der Waals surface area contributed by atoms with Crippen LogP contribution in [0.5, 0.6) is 0 Å². The Hall–Kier alpha value is -3.01. The second-order valence-electron chi connectivity index (χ2n) is 20.1. The molecule has 0 aromatic carbocycles. The smallest absolute Gasteiger partial charge is 0.463 e. The zero-order valence-corrected chi connectivity index (χ0v) is 50.8. The molecule has 0 spiro atoms. The highest BCUT2D eigenvalue weighted by molar-refractivity contribution is 7.47. The Morgan fingerprint density at radius 3 is 1.13 bits per heavy atom. The number of allylic oxidation sites excluding steroid dienone is 12. The van der Waals surface area contributed by atoms with E-state index in [1.54, 1.807) is 0 Å². The van der Waals surface area contributed by atoms with Crippen LogP contribution in [0, 0.1) is 0 Å². The molecule has 18 heteroatoms. The lowest BCUT2D eigenvalue weighted by atomic mass is 10.1. The average molecular weight is 1160 g/mol. The number of hydrogen-bond acceptors (Lipinski definition) is 14. The van der Waals surface area contributed by atoms with Gasteiger partial charge < -0.3 is 34.2 Å². The molecule has 4 N–H and O–H groups in total. The predicted octanol–water partition coefficient (Wildman–Crippen LogP) is 15.6. The minimum atomic E-state index is -4.91. The maximum atomic E-state index is 12.8. The summed E-state index contributed by atoms with van der Waals surface area (Å²) in [7, 11) is -9.77. The van der Waals surface area contributed by atoms with Crippen molar-refractivity contribution in [3.05, 3.63) is 72.9 Å². The molecule has 16 nitrogen and oxygen atoms in total. The van der Waals surface area contributed by atoms with Crippen LogP contribution in [0.4, 0.5) is 0 Å². The van der Waals surface area contributed by atoms with E-state index in [-0.39, 0.29) is 19.3 Å². The van der Waals surface area contributed by atoms with Gasteiger partial charge in [0, 0.05) is 19.3 Å². The molecule has 0 saturated heterocycles. The van der Waals surface area contributed by atoms with E-state index in [0.29, 0.717) is 25.7 Å². The number of esters is 3. The first kappa shape index (κ1) is 76.0.